The third-order valence-electron chi connectivity index (χ3n) is 1.97. The van der Waals surface area contributed by atoms with E-state index in [1.165, 1.54) is 18.2 Å². The van der Waals surface area contributed by atoms with Gasteiger partial charge in [0.15, 0.2) is 6.04 Å². The van der Waals surface area contributed by atoms with Gasteiger partial charge in [-0.15, -0.1) is 0 Å². The fourth-order valence-electron chi connectivity index (χ4n) is 1.11. The van der Waals surface area contributed by atoms with Gasteiger partial charge in [-0.1, -0.05) is 18.1 Å². The number of ether oxygens (including phenoxy) is 1. The van der Waals surface area contributed by atoms with Crippen LogP contribution in [0.25, 0.3) is 0 Å². The Labute approximate surface area is 97.5 Å². The van der Waals surface area contributed by atoms with Crippen molar-refractivity contribution in [3.8, 4) is 5.92 Å². The number of benzene rings is 1. The lowest BCUT2D eigenvalue weighted by Crippen LogP contribution is -2.30. The predicted octanol–water partition coefficient (Wildman–Crippen LogP) is 0.555. The van der Waals surface area contributed by atoms with E-state index in [2.05, 4.69) is 0 Å². The fraction of sp³-hybridized carbons (Fsp3) is 0.182. The van der Waals surface area contributed by atoms with Crippen molar-refractivity contribution in [3.63, 3.8) is 0 Å². The molecule has 0 aromatic heterocycles. The summed E-state index contributed by atoms with van der Waals surface area (Å²) in [5.74, 6) is 0.909. The topological polar surface area (TPSA) is 95.5 Å². The Bertz CT molecular complexity index is 479. The molecule has 6 heteroatoms. The summed E-state index contributed by atoms with van der Waals surface area (Å²) in [6, 6.07) is 4.63. The molecule has 6 nitrogen and oxygen atoms in total. The number of hydrogen-bond acceptors (Lipinski definition) is 5. The smallest absolute Gasteiger partial charge is 0.335 e. The molecular weight excluding hydrogens is 224 g/mol. The Hall–Kier alpha value is -2.39. The van der Waals surface area contributed by atoms with Crippen LogP contribution in [0.4, 0.5) is 5.69 Å². The van der Waals surface area contributed by atoms with E-state index in [0.717, 1.165) is 0 Å². The SMILES string of the molecule is [C]#CC(N)C(=O)OCc1ccccc1[N+](=O)[O-]. The molecule has 0 saturated carbocycles. The van der Waals surface area contributed by atoms with Gasteiger partial charge in [-0.3, -0.25) is 10.1 Å². The molecule has 2 N–H and O–H groups in total. The number of nitro benzene ring substituents is 1. The van der Waals surface area contributed by atoms with Gasteiger partial charge >= 0.3 is 5.97 Å². The molecule has 1 unspecified atom stereocenters. The van der Waals surface area contributed by atoms with Gasteiger partial charge < -0.3 is 10.5 Å². The van der Waals surface area contributed by atoms with Crippen molar-refractivity contribution >= 4 is 11.7 Å². The van der Waals surface area contributed by atoms with Gasteiger partial charge in [-0.2, -0.15) is 0 Å². The van der Waals surface area contributed by atoms with E-state index in [-0.39, 0.29) is 17.9 Å². The highest BCUT2D eigenvalue weighted by molar-refractivity contribution is 5.78. The second-order valence-electron chi connectivity index (χ2n) is 3.12. The lowest BCUT2D eigenvalue weighted by Gasteiger charge is -2.06. The zero-order chi connectivity index (χ0) is 12.8. The summed E-state index contributed by atoms with van der Waals surface area (Å²) in [4.78, 5) is 21.2. The highest BCUT2D eigenvalue weighted by atomic mass is 16.6. The van der Waals surface area contributed by atoms with Crippen molar-refractivity contribution in [1.29, 1.82) is 0 Å². The summed E-state index contributed by atoms with van der Waals surface area (Å²) in [7, 11) is 0. The van der Waals surface area contributed by atoms with E-state index in [0.29, 0.717) is 0 Å². The van der Waals surface area contributed by atoms with Crippen molar-refractivity contribution in [1.82, 2.24) is 0 Å². The minimum atomic E-state index is -1.27. The first-order valence-corrected chi connectivity index (χ1v) is 4.63. The molecular formula is C11H9N2O4. The molecule has 0 fully saturated rings. The van der Waals surface area contributed by atoms with Crippen LogP contribution in [0.5, 0.6) is 0 Å². The third-order valence-corrected chi connectivity index (χ3v) is 1.97. The van der Waals surface area contributed by atoms with Crippen LogP contribution in [-0.4, -0.2) is 16.9 Å². The van der Waals surface area contributed by atoms with Crippen LogP contribution < -0.4 is 5.73 Å². The van der Waals surface area contributed by atoms with E-state index in [1.54, 1.807) is 12.0 Å². The average molecular weight is 233 g/mol. The number of esters is 1. The molecule has 17 heavy (non-hydrogen) atoms. The lowest BCUT2D eigenvalue weighted by molar-refractivity contribution is -0.385. The number of nitrogens with two attached hydrogens (primary N) is 1. The number of nitrogens with zero attached hydrogens (tertiary/aromatic N) is 1. The number of carbonyl (C=O) groups is 1. The van der Waals surface area contributed by atoms with E-state index < -0.39 is 16.9 Å². The summed E-state index contributed by atoms with van der Waals surface area (Å²) < 4.78 is 4.72. The number of nitro groups is 1. The molecule has 0 amide bonds. The van der Waals surface area contributed by atoms with Gasteiger partial charge in [0.1, 0.15) is 6.61 Å². The molecule has 0 saturated heterocycles. The zero-order valence-electron chi connectivity index (χ0n) is 8.75. The van der Waals surface area contributed by atoms with Gasteiger partial charge in [0.25, 0.3) is 5.69 Å². The molecule has 1 aromatic carbocycles. The standard InChI is InChI=1S/C11H9N2O4/c1-2-9(12)11(14)17-7-8-5-3-4-6-10(8)13(15)16/h3-6,9H,7,12H2. The van der Waals surface area contributed by atoms with E-state index >= 15 is 0 Å². The van der Waals surface area contributed by atoms with Crippen LogP contribution in [0.2, 0.25) is 0 Å². The molecule has 1 aromatic rings. The number of hydrogen-bond donors (Lipinski definition) is 1. The minimum Gasteiger partial charge on any atom is -0.459 e. The second kappa shape index (κ2) is 5.63. The number of para-hydroxylation sites is 1. The molecule has 0 spiro atoms. The Morgan fingerprint density at radius 3 is 2.82 bits per heavy atom. The zero-order valence-corrected chi connectivity index (χ0v) is 8.75. The largest absolute Gasteiger partial charge is 0.459 e. The average Bonchev–Trinajstić information content (AvgIpc) is 2.35. The molecule has 1 radical (unpaired) electrons. The maximum absolute atomic E-state index is 11.1. The molecule has 0 heterocycles. The van der Waals surface area contributed by atoms with Crippen molar-refractivity contribution in [3.05, 3.63) is 46.4 Å². The molecule has 1 rings (SSSR count). The van der Waals surface area contributed by atoms with E-state index in [4.69, 9.17) is 16.9 Å². The van der Waals surface area contributed by atoms with E-state index in [9.17, 15) is 14.9 Å². The summed E-state index contributed by atoms with van der Waals surface area (Å²) >= 11 is 0. The molecule has 0 bridgehead atoms. The summed E-state index contributed by atoms with van der Waals surface area (Å²) in [5.41, 5.74) is 5.31. The van der Waals surface area contributed by atoms with Gasteiger partial charge in [0.05, 0.1) is 10.5 Å². The van der Waals surface area contributed by atoms with Crippen LogP contribution in [0.1, 0.15) is 5.56 Å². The van der Waals surface area contributed by atoms with Crippen LogP contribution in [0.15, 0.2) is 24.3 Å². The maximum atomic E-state index is 11.1. The van der Waals surface area contributed by atoms with Crippen molar-refractivity contribution in [2.24, 2.45) is 5.73 Å². The Morgan fingerprint density at radius 1 is 1.59 bits per heavy atom. The monoisotopic (exact) mass is 233 g/mol. The normalized spacial score (nSPS) is 11.3. The molecule has 0 aliphatic heterocycles. The molecule has 87 valence electrons. The fourth-order valence-corrected chi connectivity index (χ4v) is 1.11. The van der Waals surface area contributed by atoms with Crippen LogP contribution in [0, 0.1) is 22.5 Å². The van der Waals surface area contributed by atoms with Crippen LogP contribution in [0.3, 0.4) is 0 Å². The molecule has 0 aliphatic rings. The van der Waals surface area contributed by atoms with Crippen molar-refractivity contribution in [2.45, 2.75) is 12.6 Å². The van der Waals surface area contributed by atoms with Gasteiger partial charge in [0, 0.05) is 6.07 Å². The first-order chi connectivity index (χ1) is 8.06. The predicted molar refractivity (Wildman–Crippen MR) is 58.0 cm³/mol. The first kappa shape index (κ1) is 12.7. The van der Waals surface area contributed by atoms with Crippen molar-refractivity contribution in [2.75, 3.05) is 0 Å². The second-order valence-corrected chi connectivity index (χ2v) is 3.12. The van der Waals surface area contributed by atoms with Gasteiger partial charge in [-0.25, -0.2) is 4.79 Å². The first-order valence-electron chi connectivity index (χ1n) is 4.63. The van der Waals surface area contributed by atoms with Gasteiger partial charge in [-0.05, 0) is 12.5 Å². The Balaban J connectivity index is 2.74. The van der Waals surface area contributed by atoms with Crippen LogP contribution in [-0.2, 0) is 16.1 Å². The highest BCUT2D eigenvalue weighted by Gasteiger charge is 2.16. The minimum absolute atomic E-state index is 0.132. The third kappa shape index (κ3) is 3.29. The Morgan fingerprint density at radius 2 is 2.24 bits per heavy atom. The summed E-state index contributed by atoms with van der Waals surface area (Å²) in [5, 5.41) is 10.7. The highest BCUT2D eigenvalue weighted by Crippen LogP contribution is 2.18. The summed E-state index contributed by atoms with van der Waals surface area (Å²) in [6.07, 6.45) is 6.65. The number of carbonyl (C=O) groups excluding carboxylic acids is 1. The van der Waals surface area contributed by atoms with Gasteiger partial charge in [0.2, 0.25) is 0 Å². The molecule has 0 aliphatic carbocycles. The lowest BCUT2D eigenvalue weighted by atomic mass is 10.2. The summed E-state index contributed by atoms with van der Waals surface area (Å²) in [6.45, 7) is -0.259. The van der Waals surface area contributed by atoms with Crippen LogP contribution >= 0.6 is 0 Å². The quantitative estimate of drug-likeness (QED) is 0.354. The maximum Gasteiger partial charge on any atom is 0.335 e. The van der Waals surface area contributed by atoms with E-state index in [1.807, 2.05) is 0 Å². The Kier molecular flexibility index (Phi) is 4.20. The molecule has 1 atom stereocenters. The van der Waals surface area contributed by atoms with Crippen molar-refractivity contribution < 1.29 is 14.5 Å². The number of rotatable bonds is 4.